The molecule has 0 aromatic carbocycles. The number of nitriles is 1. The number of aromatic nitrogens is 3. The maximum absolute atomic E-state index is 8.55. The van der Waals surface area contributed by atoms with Crippen LogP contribution in [-0.4, -0.2) is 14.5 Å². The van der Waals surface area contributed by atoms with Gasteiger partial charge in [0.15, 0.2) is 5.65 Å². The second-order valence-electron chi connectivity index (χ2n) is 3.22. The predicted molar refractivity (Wildman–Crippen MR) is 57.5 cm³/mol. The normalized spacial score (nSPS) is 10.5. The average Bonchev–Trinajstić information content (AvgIpc) is 2.50. The second kappa shape index (κ2) is 3.87. The highest BCUT2D eigenvalue weighted by Gasteiger charge is 2.08. The monoisotopic (exact) mass is 220 g/mol. The number of halogens is 1. The van der Waals surface area contributed by atoms with E-state index in [4.69, 9.17) is 16.9 Å². The van der Waals surface area contributed by atoms with Crippen LogP contribution in [0.5, 0.6) is 0 Å². The largest absolute Gasteiger partial charge is 0.312 e. The molecule has 0 saturated heterocycles. The number of hydrogen-bond acceptors (Lipinski definition) is 3. The van der Waals surface area contributed by atoms with Crippen LogP contribution in [0.1, 0.15) is 12.2 Å². The van der Waals surface area contributed by atoms with Crippen LogP contribution in [0.4, 0.5) is 0 Å². The molecular weight excluding hydrogens is 212 g/mol. The van der Waals surface area contributed by atoms with Gasteiger partial charge in [-0.3, -0.25) is 0 Å². The fourth-order valence-electron chi connectivity index (χ4n) is 1.53. The first-order valence-corrected chi connectivity index (χ1v) is 4.95. The molecule has 5 heteroatoms. The minimum absolute atomic E-state index is 0.455. The third-order valence-corrected chi connectivity index (χ3v) is 2.40. The smallest absolute Gasteiger partial charge is 0.160 e. The van der Waals surface area contributed by atoms with E-state index in [0.29, 0.717) is 18.0 Å². The Balaban J connectivity index is 2.54. The average molecular weight is 221 g/mol. The van der Waals surface area contributed by atoms with Crippen LogP contribution in [0.3, 0.4) is 0 Å². The van der Waals surface area contributed by atoms with Gasteiger partial charge in [0.05, 0.1) is 17.5 Å². The fraction of sp³-hybridized carbons (Fsp3) is 0.300. The van der Waals surface area contributed by atoms with Crippen molar-refractivity contribution in [1.29, 1.82) is 5.26 Å². The van der Waals surface area contributed by atoms with Crippen molar-refractivity contribution in [1.82, 2.24) is 14.5 Å². The number of pyridine rings is 1. The molecule has 0 unspecified atom stereocenters. The molecule has 0 spiro atoms. The van der Waals surface area contributed by atoms with Crippen molar-refractivity contribution in [2.75, 3.05) is 0 Å². The number of hydrogen-bond donors (Lipinski definition) is 0. The van der Waals surface area contributed by atoms with Crippen molar-refractivity contribution in [3.8, 4) is 6.07 Å². The van der Waals surface area contributed by atoms with Crippen LogP contribution in [0.15, 0.2) is 12.3 Å². The zero-order valence-corrected chi connectivity index (χ0v) is 8.99. The lowest BCUT2D eigenvalue weighted by Gasteiger charge is -2.01. The topological polar surface area (TPSA) is 54.5 Å². The van der Waals surface area contributed by atoms with Crippen molar-refractivity contribution in [2.24, 2.45) is 0 Å². The number of fused-ring (bicyclic) bond motifs is 1. The highest BCUT2D eigenvalue weighted by Crippen LogP contribution is 2.17. The maximum Gasteiger partial charge on any atom is 0.160 e. The molecule has 15 heavy (non-hydrogen) atoms. The molecule has 2 aromatic rings. The molecule has 2 rings (SSSR count). The first-order chi connectivity index (χ1) is 7.22. The van der Waals surface area contributed by atoms with E-state index in [1.807, 2.05) is 11.5 Å². The van der Waals surface area contributed by atoms with Crippen molar-refractivity contribution in [3.05, 3.63) is 23.1 Å². The highest BCUT2D eigenvalue weighted by atomic mass is 35.5. The summed E-state index contributed by atoms with van der Waals surface area (Å²) in [5, 5.41) is 9.12. The van der Waals surface area contributed by atoms with Gasteiger partial charge in [0, 0.05) is 12.7 Å². The second-order valence-corrected chi connectivity index (χ2v) is 3.65. The molecule has 0 amide bonds. The van der Waals surface area contributed by atoms with Gasteiger partial charge in [-0.1, -0.05) is 11.6 Å². The third-order valence-electron chi connectivity index (χ3n) is 2.19. The fourth-order valence-corrected chi connectivity index (χ4v) is 1.68. The molecule has 2 heterocycles. The Hall–Kier alpha value is -1.60. The van der Waals surface area contributed by atoms with E-state index >= 15 is 0 Å². The molecule has 0 aliphatic rings. The van der Waals surface area contributed by atoms with Crippen LogP contribution >= 0.6 is 11.6 Å². The molecule has 4 nitrogen and oxygen atoms in total. The Labute approximate surface area is 92.1 Å². The molecule has 0 aliphatic heterocycles. The molecule has 0 radical (unpaired) electrons. The molecule has 0 atom stereocenters. The summed E-state index contributed by atoms with van der Waals surface area (Å²) in [7, 11) is 0. The summed E-state index contributed by atoms with van der Waals surface area (Å²) < 4.78 is 1.93. The molecule has 0 N–H and O–H groups in total. The van der Waals surface area contributed by atoms with Crippen molar-refractivity contribution in [2.45, 2.75) is 19.9 Å². The van der Waals surface area contributed by atoms with Gasteiger partial charge in [-0.05, 0) is 13.0 Å². The van der Waals surface area contributed by atoms with Crippen LogP contribution in [-0.2, 0) is 6.54 Å². The Morgan fingerprint density at radius 2 is 2.40 bits per heavy atom. The van der Waals surface area contributed by atoms with Gasteiger partial charge in [0.2, 0.25) is 0 Å². The summed E-state index contributed by atoms with van der Waals surface area (Å²) >= 11 is 5.82. The van der Waals surface area contributed by atoms with E-state index in [9.17, 15) is 0 Å². The van der Waals surface area contributed by atoms with Gasteiger partial charge in [-0.15, -0.1) is 0 Å². The summed E-state index contributed by atoms with van der Waals surface area (Å²) in [6.07, 6.45) is 2.05. The zero-order valence-electron chi connectivity index (χ0n) is 8.24. The summed E-state index contributed by atoms with van der Waals surface area (Å²) in [5.41, 5.74) is 1.56. The Kier molecular flexibility index (Phi) is 2.57. The van der Waals surface area contributed by atoms with Gasteiger partial charge in [0.25, 0.3) is 0 Å². The minimum atomic E-state index is 0.455. The predicted octanol–water partition coefficient (Wildman–Crippen LogP) is 2.31. The van der Waals surface area contributed by atoms with Gasteiger partial charge in [0.1, 0.15) is 11.3 Å². The number of aryl methyl sites for hydroxylation is 2. The van der Waals surface area contributed by atoms with Crippen LogP contribution in [0.25, 0.3) is 11.2 Å². The van der Waals surface area contributed by atoms with E-state index in [0.717, 1.165) is 17.0 Å². The Morgan fingerprint density at radius 1 is 1.60 bits per heavy atom. The number of rotatable bonds is 2. The van der Waals surface area contributed by atoms with Crippen LogP contribution < -0.4 is 0 Å². The third kappa shape index (κ3) is 1.79. The molecule has 76 valence electrons. The van der Waals surface area contributed by atoms with E-state index in [1.54, 1.807) is 12.3 Å². The lowest BCUT2D eigenvalue weighted by molar-refractivity contribution is 0.704. The summed E-state index contributed by atoms with van der Waals surface area (Å²) in [4.78, 5) is 8.55. The van der Waals surface area contributed by atoms with Gasteiger partial charge < -0.3 is 4.57 Å². The number of imidazole rings is 1. The lowest BCUT2D eigenvalue weighted by Crippen LogP contribution is -2.00. The SMILES string of the molecule is Cc1nc2cc(Cl)cnc2n1CCC#N. The minimum Gasteiger partial charge on any atom is -0.312 e. The first kappa shape index (κ1) is 9.94. The van der Waals surface area contributed by atoms with Crippen molar-refractivity contribution < 1.29 is 0 Å². The summed E-state index contributed by atoms with van der Waals surface area (Å²) in [6.45, 7) is 2.51. The molecule has 0 saturated carbocycles. The first-order valence-electron chi connectivity index (χ1n) is 4.57. The van der Waals surface area contributed by atoms with Crippen LogP contribution in [0, 0.1) is 18.3 Å². The molecule has 2 aromatic heterocycles. The summed E-state index contributed by atoms with van der Waals surface area (Å²) in [6, 6.07) is 3.88. The van der Waals surface area contributed by atoms with Crippen molar-refractivity contribution in [3.63, 3.8) is 0 Å². The van der Waals surface area contributed by atoms with Gasteiger partial charge >= 0.3 is 0 Å². The maximum atomic E-state index is 8.55. The molecule has 0 bridgehead atoms. The molecule has 0 aliphatic carbocycles. The van der Waals surface area contributed by atoms with Crippen molar-refractivity contribution >= 4 is 22.8 Å². The Bertz CT molecular complexity index is 538. The zero-order chi connectivity index (χ0) is 10.8. The van der Waals surface area contributed by atoms with E-state index in [-0.39, 0.29) is 0 Å². The highest BCUT2D eigenvalue weighted by molar-refractivity contribution is 6.31. The van der Waals surface area contributed by atoms with Crippen LogP contribution in [0.2, 0.25) is 5.02 Å². The quantitative estimate of drug-likeness (QED) is 0.781. The van der Waals surface area contributed by atoms with E-state index in [1.165, 1.54) is 0 Å². The van der Waals surface area contributed by atoms with E-state index < -0.39 is 0 Å². The number of nitrogens with zero attached hydrogens (tertiary/aromatic N) is 4. The van der Waals surface area contributed by atoms with Gasteiger partial charge in [-0.2, -0.15) is 5.26 Å². The molecule has 0 fully saturated rings. The Morgan fingerprint density at radius 3 is 3.13 bits per heavy atom. The lowest BCUT2D eigenvalue weighted by atomic mass is 10.4. The molecular formula is C10H9ClN4. The van der Waals surface area contributed by atoms with Gasteiger partial charge in [-0.25, -0.2) is 9.97 Å². The van der Waals surface area contributed by atoms with E-state index in [2.05, 4.69) is 16.0 Å². The standard InChI is InChI=1S/C10H9ClN4/c1-7-14-9-5-8(11)6-13-10(9)15(7)4-2-3-12/h5-6H,2,4H2,1H3. The summed E-state index contributed by atoms with van der Waals surface area (Å²) in [5.74, 6) is 0.856.